The van der Waals surface area contributed by atoms with Gasteiger partial charge in [0.15, 0.2) is 0 Å². The first-order valence-corrected chi connectivity index (χ1v) is 4.27. The van der Waals surface area contributed by atoms with Crippen LogP contribution in [0.5, 0.6) is 0 Å². The topological polar surface area (TPSA) is 25.8 Å². The average molecular weight is 201 g/mol. The number of aromatic nitrogens is 2. The van der Waals surface area contributed by atoms with Crippen molar-refractivity contribution in [2.24, 2.45) is 0 Å². The lowest BCUT2D eigenvalue weighted by atomic mass is 10.1. The summed E-state index contributed by atoms with van der Waals surface area (Å²) in [4.78, 5) is 7.84. The number of hydrogen-bond donors (Lipinski definition) is 0. The molecule has 1 rings (SSSR count). The monoisotopic (exact) mass is 200 g/mol. The molecule has 0 saturated heterocycles. The van der Waals surface area contributed by atoms with Gasteiger partial charge in [0.25, 0.3) is 0 Å². The van der Waals surface area contributed by atoms with E-state index in [2.05, 4.69) is 32.8 Å². The summed E-state index contributed by atoms with van der Waals surface area (Å²) in [5.41, 5.74) is 1.18. The predicted octanol–water partition coefficient (Wildman–Crippen LogP) is 1.97. The van der Waals surface area contributed by atoms with Gasteiger partial charge in [0, 0.05) is 17.7 Å². The molecule has 0 spiro atoms. The zero-order valence-electron chi connectivity index (χ0n) is 5.79. The molecule has 0 N–H and O–H groups in total. The van der Waals surface area contributed by atoms with Crippen molar-refractivity contribution in [2.75, 3.05) is 5.33 Å². The third-order valence-corrected chi connectivity index (χ3v) is 2.35. The molecule has 0 aromatic carbocycles. The Kier molecular flexibility index (Phi) is 2.81. The number of rotatable bonds is 2. The molecular weight excluding hydrogens is 192 g/mol. The third kappa shape index (κ3) is 1.77. The second-order valence-electron chi connectivity index (χ2n) is 2.23. The third-order valence-electron chi connectivity index (χ3n) is 1.38. The molecule has 1 unspecified atom stereocenters. The average Bonchev–Trinajstić information content (AvgIpc) is 2.05. The van der Waals surface area contributed by atoms with Gasteiger partial charge in [-0.1, -0.05) is 22.9 Å². The maximum Gasteiger partial charge on any atom is 0.115 e. The van der Waals surface area contributed by atoms with Gasteiger partial charge in [-0.15, -0.1) is 0 Å². The molecule has 54 valence electrons. The maximum absolute atomic E-state index is 3.92. The molecular formula is C7H9BrN2. The highest BCUT2D eigenvalue weighted by Gasteiger charge is 2.01. The molecule has 3 heteroatoms. The van der Waals surface area contributed by atoms with Crippen molar-refractivity contribution < 1.29 is 0 Å². The van der Waals surface area contributed by atoms with Gasteiger partial charge in [-0.25, -0.2) is 9.97 Å². The summed E-state index contributed by atoms with van der Waals surface area (Å²) in [5, 5.41) is 0.959. The van der Waals surface area contributed by atoms with Crippen molar-refractivity contribution in [3.63, 3.8) is 0 Å². The van der Waals surface area contributed by atoms with E-state index in [1.54, 1.807) is 6.33 Å². The van der Waals surface area contributed by atoms with E-state index in [1.165, 1.54) is 5.56 Å². The number of alkyl halides is 1. The second-order valence-corrected chi connectivity index (χ2v) is 2.87. The van der Waals surface area contributed by atoms with Crippen LogP contribution in [0.3, 0.4) is 0 Å². The standard InChI is InChI=1S/C7H9BrN2/c1-6(2-8)7-3-9-5-10-4-7/h3-6H,2H2,1H3. The Morgan fingerprint density at radius 1 is 1.50 bits per heavy atom. The fourth-order valence-corrected chi connectivity index (χ4v) is 1.03. The SMILES string of the molecule is CC(CBr)c1cncnc1. The Hall–Kier alpha value is -0.440. The highest BCUT2D eigenvalue weighted by molar-refractivity contribution is 9.09. The van der Waals surface area contributed by atoms with Crippen LogP contribution in [0.15, 0.2) is 18.7 Å². The van der Waals surface area contributed by atoms with Gasteiger partial charge >= 0.3 is 0 Å². The molecule has 0 aliphatic carbocycles. The first-order chi connectivity index (χ1) is 4.84. The molecule has 1 atom stereocenters. The summed E-state index contributed by atoms with van der Waals surface area (Å²) in [5.74, 6) is 0.501. The van der Waals surface area contributed by atoms with Gasteiger partial charge in [-0.3, -0.25) is 0 Å². The van der Waals surface area contributed by atoms with E-state index in [0.29, 0.717) is 5.92 Å². The normalized spacial score (nSPS) is 13.0. The minimum atomic E-state index is 0.501. The van der Waals surface area contributed by atoms with Crippen molar-refractivity contribution in [2.45, 2.75) is 12.8 Å². The van der Waals surface area contributed by atoms with Crippen LogP contribution in [0.2, 0.25) is 0 Å². The van der Waals surface area contributed by atoms with Gasteiger partial charge in [0.05, 0.1) is 0 Å². The highest BCUT2D eigenvalue weighted by Crippen LogP contribution is 2.13. The molecule has 0 aliphatic heterocycles. The molecule has 1 aromatic rings. The van der Waals surface area contributed by atoms with E-state index in [1.807, 2.05) is 12.4 Å². The van der Waals surface area contributed by atoms with Gasteiger partial charge in [0.1, 0.15) is 6.33 Å². The van der Waals surface area contributed by atoms with E-state index in [4.69, 9.17) is 0 Å². The number of nitrogens with zero attached hydrogens (tertiary/aromatic N) is 2. The van der Waals surface area contributed by atoms with Crippen molar-refractivity contribution in [1.29, 1.82) is 0 Å². The zero-order chi connectivity index (χ0) is 7.40. The van der Waals surface area contributed by atoms with Gasteiger partial charge in [-0.05, 0) is 11.5 Å². The summed E-state index contributed by atoms with van der Waals surface area (Å²) in [6.45, 7) is 2.13. The predicted molar refractivity (Wildman–Crippen MR) is 44.2 cm³/mol. The van der Waals surface area contributed by atoms with E-state index >= 15 is 0 Å². The van der Waals surface area contributed by atoms with Crippen LogP contribution in [0.1, 0.15) is 18.4 Å². The van der Waals surface area contributed by atoms with Gasteiger partial charge < -0.3 is 0 Å². The van der Waals surface area contributed by atoms with Crippen LogP contribution in [-0.2, 0) is 0 Å². The largest absolute Gasteiger partial charge is 0.245 e. The van der Waals surface area contributed by atoms with Crippen LogP contribution < -0.4 is 0 Å². The molecule has 0 saturated carbocycles. The maximum atomic E-state index is 3.92. The Balaban J connectivity index is 2.75. The summed E-state index contributed by atoms with van der Waals surface area (Å²) >= 11 is 3.40. The van der Waals surface area contributed by atoms with E-state index in [-0.39, 0.29) is 0 Å². The molecule has 0 fully saturated rings. The van der Waals surface area contributed by atoms with Crippen molar-refractivity contribution >= 4 is 15.9 Å². The lowest BCUT2D eigenvalue weighted by molar-refractivity contribution is 0.864. The second kappa shape index (κ2) is 3.66. The van der Waals surface area contributed by atoms with Crippen molar-refractivity contribution in [1.82, 2.24) is 9.97 Å². The first-order valence-electron chi connectivity index (χ1n) is 3.15. The molecule has 0 radical (unpaired) electrons. The summed E-state index contributed by atoms with van der Waals surface area (Å²) in [6.07, 6.45) is 5.24. The van der Waals surface area contributed by atoms with Crippen molar-refractivity contribution in [3.05, 3.63) is 24.3 Å². The molecule has 0 aliphatic rings. The molecule has 0 amide bonds. The lowest BCUT2D eigenvalue weighted by Crippen LogP contribution is -1.95. The molecule has 10 heavy (non-hydrogen) atoms. The Morgan fingerprint density at radius 3 is 2.60 bits per heavy atom. The zero-order valence-corrected chi connectivity index (χ0v) is 7.37. The molecule has 1 heterocycles. The van der Waals surface area contributed by atoms with Gasteiger partial charge in [0.2, 0.25) is 0 Å². The fraction of sp³-hybridized carbons (Fsp3) is 0.429. The highest BCUT2D eigenvalue weighted by atomic mass is 79.9. The number of hydrogen-bond acceptors (Lipinski definition) is 2. The fourth-order valence-electron chi connectivity index (χ4n) is 0.654. The summed E-state index contributed by atoms with van der Waals surface area (Å²) in [6, 6.07) is 0. The Bertz CT molecular complexity index is 188. The minimum Gasteiger partial charge on any atom is -0.245 e. The summed E-state index contributed by atoms with van der Waals surface area (Å²) in [7, 11) is 0. The molecule has 0 bridgehead atoms. The Morgan fingerprint density at radius 2 is 2.10 bits per heavy atom. The smallest absolute Gasteiger partial charge is 0.115 e. The van der Waals surface area contributed by atoms with Crippen LogP contribution in [0, 0.1) is 0 Å². The van der Waals surface area contributed by atoms with Crippen LogP contribution in [0.4, 0.5) is 0 Å². The first kappa shape index (κ1) is 7.66. The molecule has 2 nitrogen and oxygen atoms in total. The minimum absolute atomic E-state index is 0.501. The van der Waals surface area contributed by atoms with E-state index < -0.39 is 0 Å². The summed E-state index contributed by atoms with van der Waals surface area (Å²) < 4.78 is 0. The van der Waals surface area contributed by atoms with Gasteiger partial charge in [-0.2, -0.15) is 0 Å². The Labute approximate surface area is 68.8 Å². The molecule has 1 aromatic heterocycles. The van der Waals surface area contributed by atoms with Crippen LogP contribution in [-0.4, -0.2) is 15.3 Å². The number of halogens is 1. The van der Waals surface area contributed by atoms with Crippen LogP contribution >= 0.6 is 15.9 Å². The quantitative estimate of drug-likeness (QED) is 0.683. The van der Waals surface area contributed by atoms with E-state index in [0.717, 1.165) is 5.33 Å². The van der Waals surface area contributed by atoms with Crippen LogP contribution in [0.25, 0.3) is 0 Å². The van der Waals surface area contributed by atoms with E-state index in [9.17, 15) is 0 Å². The lowest BCUT2D eigenvalue weighted by Gasteiger charge is -2.04. The van der Waals surface area contributed by atoms with Crippen molar-refractivity contribution in [3.8, 4) is 0 Å².